The van der Waals surface area contributed by atoms with E-state index in [-0.39, 0.29) is 5.96 Å². The smallest absolute Gasteiger partial charge is 0.211 e. The maximum atomic E-state index is 6.52. The van der Waals surface area contributed by atoms with Crippen LogP contribution in [0.3, 0.4) is 0 Å². The van der Waals surface area contributed by atoms with Gasteiger partial charge in [-0.2, -0.15) is 5.10 Å². The van der Waals surface area contributed by atoms with Crippen LogP contribution in [-0.2, 0) is 0 Å². The minimum atomic E-state index is -0.0752. The Morgan fingerprint density at radius 3 is 1.81 bits per heavy atom. The summed E-state index contributed by atoms with van der Waals surface area (Å²) >= 11 is 6.52. The summed E-state index contributed by atoms with van der Waals surface area (Å²) < 4.78 is 0. The Labute approximate surface area is 126 Å². The van der Waals surface area contributed by atoms with E-state index in [2.05, 4.69) is 10.2 Å². The third-order valence-corrected chi connectivity index (χ3v) is 3.67. The van der Waals surface area contributed by atoms with Gasteiger partial charge in [-0.15, -0.1) is 5.10 Å². The molecule has 0 unspecified atom stereocenters. The lowest BCUT2D eigenvalue weighted by Gasteiger charge is -2.10. The van der Waals surface area contributed by atoms with E-state index in [1.807, 2.05) is 48.5 Å². The van der Waals surface area contributed by atoms with Crippen LogP contribution in [0.4, 0.5) is 0 Å². The van der Waals surface area contributed by atoms with E-state index < -0.39 is 0 Å². The monoisotopic (exact) mass is 296 g/mol. The highest BCUT2D eigenvalue weighted by atomic mass is 35.5. The van der Waals surface area contributed by atoms with Gasteiger partial charge in [0.05, 0.1) is 11.2 Å². The molecule has 21 heavy (non-hydrogen) atoms. The first-order chi connectivity index (χ1) is 10.2. The predicted molar refractivity (Wildman–Crippen MR) is 89.9 cm³/mol. The van der Waals surface area contributed by atoms with Gasteiger partial charge in [-0.05, 0) is 10.8 Å². The van der Waals surface area contributed by atoms with Crippen molar-refractivity contribution in [2.24, 2.45) is 21.7 Å². The summed E-state index contributed by atoms with van der Waals surface area (Å²) in [6.45, 7) is 0. The van der Waals surface area contributed by atoms with Crippen molar-refractivity contribution < 1.29 is 0 Å². The van der Waals surface area contributed by atoms with Crippen LogP contribution in [0.5, 0.6) is 0 Å². The van der Waals surface area contributed by atoms with Gasteiger partial charge in [-0.1, -0.05) is 60.1 Å². The van der Waals surface area contributed by atoms with E-state index in [0.717, 1.165) is 32.1 Å². The second kappa shape index (κ2) is 5.42. The molecule has 0 aliphatic carbocycles. The minimum absolute atomic E-state index is 0.0752. The van der Waals surface area contributed by atoms with Crippen LogP contribution in [0.15, 0.2) is 58.7 Å². The Bertz CT molecular complexity index is 823. The van der Waals surface area contributed by atoms with E-state index in [9.17, 15) is 0 Å². The molecule has 4 nitrogen and oxygen atoms in total. The highest BCUT2D eigenvalue weighted by Crippen LogP contribution is 2.35. The second-order valence-electron chi connectivity index (χ2n) is 4.59. The van der Waals surface area contributed by atoms with Crippen LogP contribution in [0.1, 0.15) is 5.56 Å². The summed E-state index contributed by atoms with van der Waals surface area (Å²) in [5.41, 5.74) is 11.5. The number of fused-ring (bicyclic) bond motifs is 2. The van der Waals surface area contributed by atoms with Crippen molar-refractivity contribution in [3.63, 3.8) is 0 Å². The van der Waals surface area contributed by atoms with Gasteiger partial charge < -0.3 is 11.5 Å². The van der Waals surface area contributed by atoms with E-state index in [4.69, 9.17) is 23.1 Å². The van der Waals surface area contributed by atoms with Crippen molar-refractivity contribution in [1.82, 2.24) is 0 Å². The lowest BCUT2D eigenvalue weighted by atomic mass is 9.97. The third-order valence-electron chi connectivity index (χ3n) is 3.27. The van der Waals surface area contributed by atoms with Crippen molar-refractivity contribution in [2.75, 3.05) is 0 Å². The average Bonchev–Trinajstić information content (AvgIpc) is 2.50. The number of hydrogen-bond acceptors (Lipinski definition) is 2. The standard InChI is InChI=1S/C16H13ClN4/c17-15-12-7-3-1-5-10(12)14(9-20-21-16(18)19)11-6-2-4-8-13(11)15/h1-9H,(H4,18,19,21)/b20-9+. The minimum Gasteiger partial charge on any atom is -0.369 e. The number of halogens is 1. The molecule has 0 bridgehead atoms. The first-order valence-electron chi connectivity index (χ1n) is 6.39. The molecular formula is C16H13ClN4. The molecule has 3 aromatic carbocycles. The van der Waals surface area contributed by atoms with Gasteiger partial charge in [-0.3, -0.25) is 0 Å². The zero-order valence-corrected chi connectivity index (χ0v) is 11.9. The predicted octanol–water partition coefficient (Wildman–Crippen LogP) is 3.25. The average molecular weight is 297 g/mol. The van der Waals surface area contributed by atoms with Crippen LogP contribution < -0.4 is 11.5 Å². The van der Waals surface area contributed by atoms with Gasteiger partial charge in [0.15, 0.2) is 0 Å². The zero-order chi connectivity index (χ0) is 14.8. The Morgan fingerprint density at radius 1 is 0.857 bits per heavy atom. The molecule has 0 aromatic heterocycles. The Balaban J connectivity index is 2.40. The third kappa shape index (κ3) is 2.41. The normalized spacial score (nSPS) is 11.3. The summed E-state index contributed by atoms with van der Waals surface area (Å²) in [7, 11) is 0. The van der Waals surface area contributed by atoms with Crippen molar-refractivity contribution in [3.8, 4) is 0 Å². The van der Waals surface area contributed by atoms with Crippen molar-refractivity contribution >= 4 is 45.3 Å². The van der Waals surface area contributed by atoms with Crippen LogP contribution in [0.2, 0.25) is 5.02 Å². The maximum absolute atomic E-state index is 6.52. The topological polar surface area (TPSA) is 76.8 Å². The molecule has 0 fully saturated rings. The number of benzene rings is 3. The highest BCUT2D eigenvalue weighted by molar-refractivity contribution is 6.42. The maximum Gasteiger partial charge on any atom is 0.211 e. The van der Waals surface area contributed by atoms with Crippen molar-refractivity contribution in [1.29, 1.82) is 0 Å². The van der Waals surface area contributed by atoms with Gasteiger partial charge in [-0.25, -0.2) is 0 Å². The Hall–Kier alpha value is -2.59. The van der Waals surface area contributed by atoms with Crippen molar-refractivity contribution in [2.45, 2.75) is 0 Å². The van der Waals surface area contributed by atoms with Crippen LogP contribution in [-0.4, -0.2) is 12.2 Å². The lowest BCUT2D eigenvalue weighted by Crippen LogP contribution is -2.21. The molecule has 0 atom stereocenters. The number of guanidine groups is 1. The Morgan fingerprint density at radius 2 is 1.33 bits per heavy atom. The summed E-state index contributed by atoms with van der Waals surface area (Å²) in [5, 5.41) is 12.3. The largest absolute Gasteiger partial charge is 0.369 e. The molecule has 0 spiro atoms. The van der Waals surface area contributed by atoms with Crippen LogP contribution in [0, 0.1) is 0 Å². The SMILES string of the molecule is NC(N)=N/N=C/c1c2ccccc2c(Cl)c2ccccc12. The number of nitrogens with two attached hydrogens (primary N) is 2. The Kier molecular flexibility index (Phi) is 3.46. The van der Waals surface area contributed by atoms with Crippen LogP contribution in [0.25, 0.3) is 21.5 Å². The van der Waals surface area contributed by atoms with Crippen LogP contribution >= 0.6 is 11.6 Å². The highest BCUT2D eigenvalue weighted by Gasteiger charge is 2.10. The molecule has 0 saturated carbocycles. The summed E-state index contributed by atoms with van der Waals surface area (Å²) in [6.07, 6.45) is 1.65. The molecule has 0 radical (unpaired) electrons. The van der Waals surface area contributed by atoms with E-state index >= 15 is 0 Å². The molecule has 0 saturated heterocycles. The summed E-state index contributed by atoms with van der Waals surface area (Å²) in [5.74, 6) is -0.0752. The first-order valence-corrected chi connectivity index (χ1v) is 6.77. The second-order valence-corrected chi connectivity index (χ2v) is 4.97. The lowest BCUT2D eigenvalue weighted by molar-refractivity contribution is 1.22. The van der Waals surface area contributed by atoms with Gasteiger partial charge in [0, 0.05) is 16.3 Å². The van der Waals surface area contributed by atoms with E-state index in [1.165, 1.54) is 0 Å². The van der Waals surface area contributed by atoms with E-state index in [1.54, 1.807) is 6.21 Å². The fraction of sp³-hybridized carbons (Fsp3) is 0. The summed E-state index contributed by atoms with van der Waals surface area (Å²) in [4.78, 5) is 0. The number of nitrogens with zero attached hydrogens (tertiary/aromatic N) is 2. The molecule has 3 aromatic rings. The molecule has 4 N–H and O–H groups in total. The molecule has 5 heteroatoms. The zero-order valence-electron chi connectivity index (χ0n) is 11.1. The fourth-order valence-electron chi connectivity index (χ4n) is 2.40. The molecule has 0 amide bonds. The number of rotatable bonds is 2. The van der Waals surface area contributed by atoms with Crippen molar-refractivity contribution in [3.05, 3.63) is 59.1 Å². The van der Waals surface area contributed by atoms with E-state index in [0.29, 0.717) is 0 Å². The molecule has 0 aliphatic heterocycles. The summed E-state index contributed by atoms with van der Waals surface area (Å²) in [6, 6.07) is 15.8. The quantitative estimate of drug-likeness (QED) is 0.329. The molecule has 104 valence electrons. The van der Waals surface area contributed by atoms with Gasteiger partial charge >= 0.3 is 0 Å². The van der Waals surface area contributed by atoms with Gasteiger partial charge in [0.25, 0.3) is 0 Å². The first kappa shape index (κ1) is 13.4. The number of hydrogen-bond donors (Lipinski definition) is 2. The van der Waals surface area contributed by atoms with Gasteiger partial charge in [0.1, 0.15) is 0 Å². The molecule has 3 rings (SSSR count). The molecule has 0 heterocycles. The molecular weight excluding hydrogens is 284 g/mol. The van der Waals surface area contributed by atoms with Gasteiger partial charge in [0.2, 0.25) is 5.96 Å². The fourth-order valence-corrected chi connectivity index (χ4v) is 2.73. The molecule has 0 aliphatic rings.